The summed E-state index contributed by atoms with van der Waals surface area (Å²) in [4.78, 5) is 6.61. The van der Waals surface area contributed by atoms with Crippen LogP contribution in [0.5, 0.6) is 0 Å². The standard InChI is InChI=1S/C42H31N3O2P2S6/c46-48(54(50)51)41-25-21-36(22-26-41)45(37-23-27-42(28-24-37)49(47)55(52)53)40-30-38(43(32-13-5-1-6-14-32)33-15-7-2-8-16-33)29-39(31-40)44(34-17-9-3-10-18-34)35-19-11-4-12-20-35/h1-31H. The molecule has 7 aromatic carbocycles. The maximum atomic E-state index is 13.0. The third-order valence-corrected chi connectivity index (χ3v) is 18.4. The third kappa shape index (κ3) is 8.97. The van der Waals surface area contributed by atoms with Crippen LogP contribution >= 0.6 is 13.2 Å². The van der Waals surface area contributed by atoms with Crippen LogP contribution in [0.1, 0.15) is 0 Å². The van der Waals surface area contributed by atoms with E-state index in [-0.39, 0.29) is 0 Å². The number of nitrogens with zero attached hydrogens (tertiary/aromatic N) is 3. The van der Waals surface area contributed by atoms with Gasteiger partial charge < -0.3 is 14.7 Å². The van der Waals surface area contributed by atoms with Crippen LogP contribution in [0, 0.1) is 0 Å². The van der Waals surface area contributed by atoms with Gasteiger partial charge in [-0.2, -0.15) is 0 Å². The van der Waals surface area contributed by atoms with Crippen molar-refractivity contribution in [2.45, 2.75) is 0 Å². The summed E-state index contributed by atoms with van der Waals surface area (Å²) in [5.41, 5.74) is 8.23. The molecule has 0 saturated carbocycles. The lowest BCUT2D eigenvalue weighted by atomic mass is 10.1. The van der Waals surface area contributed by atoms with Gasteiger partial charge in [0.05, 0.1) is 17.1 Å². The van der Waals surface area contributed by atoms with E-state index >= 15 is 0 Å². The smallest absolute Gasteiger partial charge is 0.198 e. The minimum absolute atomic E-state index is 0.607. The number of benzene rings is 7. The highest BCUT2D eigenvalue weighted by Crippen LogP contribution is 2.45. The van der Waals surface area contributed by atoms with Crippen LogP contribution in [0.15, 0.2) is 188 Å². The van der Waals surface area contributed by atoms with E-state index in [0.29, 0.717) is 10.6 Å². The molecule has 0 amide bonds. The van der Waals surface area contributed by atoms with E-state index in [1.54, 1.807) is 0 Å². The topological polar surface area (TPSA) is 43.9 Å². The highest BCUT2D eigenvalue weighted by molar-refractivity contribution is 8.57. The van der Waals surface area contributed by atoms with Crippen molar-refractivity contribution in [3.05, 3.63) is 188 Å². The Labute approximate surface area is 343 Å². The molecule has 0 saturated heterocycles. The SMILES string of the molecule is O=P(c1ccc(N(c2ccc(P(=O)=S(=S)=S)cc2)c2cc(N(c3ccccc3)c3ccccc3)cc(N(c3ccccc3)c3ccccc3)c2)cc1)=S(=S)=S. The predicted octanol–water partition coefficient (Wildman–Crippen LogP) is 11.9. The molecule has 0 N–H and O–H groups in total. The summed E-state index contributed by atoms with van der Waals surface area (Å²) < 4.78 is 26.0. The van der Waals surface area contributed by atoms with Crippen LogP contribution in [0.4, 0.5) is 51.2 Å². The molecule has 13 heteroatoms. The highest BCUT2D eigenvalue weighted by Gasteiger charge is 2.22. The van der Waals surface area contributed by atoms with Gasteiger partial charge in [-0.3, -0.25) is 9.13 Å². The lowest BCUT2D eigenvalue weighted by Gasteiger charge is -2.33. The quantitative estimate of drug-likeness (QED) is 0.118. The molecule has 0 aromatic heterocycles. The maximum absolute atomic E-state index is 13.0. The Morgan fingerprint density at radius 1 is 0.309 bits per heavy atom. The van der Waals surface area contributed by atoms with Gasteiger partial charge in [0.25, 0.3) is 0 Å². The summed E-state index contributed by atoms with van der Waals surface area (Å²) in [6, 6.07) is 62.7. The van der Waals surface area contributed by atoms with E-state index in [1.807, 2.05) is 121 Å². The molecule has 272 valence electrons. The summed E-state index contributed by atoms with van der Waals surface area (Å²) >= 11 is 20.8. The lowest BCUT2D eigenvalue weighted by molar-refractivity contribution is 0.601. The molecule has 0 radical (unpaired) electrons. The van der Waals surface area contributed by atoms with E-state index in [0.717, 1.165) is 51.2 Å². The zero-order valence-electron chi connectivity index (χ0n) is 28.9. The van der Waals surface area contributed by atoms with Crippen molar-refractivity contribution in [1.82, 2.24) is 0 Å². The van der Waals surface area contributed by atoms with Gasteiger partial charge in [-0.15, -0.1) is 0 Å². The number of hydrogen-bond donors (Lipinski definition) is 0. The summed E-state index contributed by atoms with van der Waals surface area (Å²) in [6.07, 6.45) is 0. The predicted molar refractivity (Wildman–Crippen MR) is 249 cm³/mol. The maximum Gasteiger partial charge on any atom is 0.198 e. The molecule has 55 heavy (non-hydrogen) atoms. The van der Waals surface area contributed by atoms with Gasteiger partial charge in [-0.05, 0) is 174 Å². The third-order valence-electron chi connectivity index (χ3n) is 8.63. The molecule has 7 aromatic rings. The second-order valence-electron chi connectivity index (χ2n) is 12.0. The first kappa shape index (κ1) is 38.7. The van der Waals surface area contributed by atoms with Crippen LogP contribution < -0.4 is 25.3 Å². The summed E-state index contributed by atoms with van der Waals surface area (Å²) in [7, 11) is -2.19. The van der Waals surface area contributed by atoms with Crippen molar-refractivity contribution in [3.8, 4) is 0 Å². The minimum atomic E-state index is -1.90. The lowest BCUT2D eigenvalue weighted by Crippen LogP contribution is -2.16. The summed E-state index contributed by atoms with van der Waals surface area (Å²) in [6.45, 7) is -3.80. The van der Waals surface area contributed by atoms with Crippen molar-refractivity contribution >= 4 is 134 Å². The van der Waals surface area contributed by atoms with Crippen molar-refractivity contribution in [3.63, 3.8) is 0 Å². The summed E-state index contributed by atoms with van der Waals surface area (Å²) in [5.74, 6) is 0. The Bertz CT molecular complexity index is 2560. The molecule has 7 rings (SSSR count). The second-order valence-corrected chi connectivity index (χ2v) is 27.4. The van der Waals surface area contributed by atoms with E-state index < -0.39 is 27.5 Å². The molecule has 0 spiro atoms. The van der Waals surface area contributed by atoms with Crippen LogP contribution in [-0.4, -0.2) is 0 Å². The van der Waals surface area contributed by atoms with Crippen LogP contribution in [0.3, 0.4) is 0 Å². The fourth-order valence-electron chi connectivity index (χ4n) is 6.24. The van der Waals surface area contributed by atoms with Crippen molar-refractivity contribution in [1.29, 1.82) is 0 Å². The van der Waals surface area contributed by atoms with Gasteiger partial charge in [-0.1, -0.05) is 72.8 Å². The van der Waals surface area contributed by atoms with Crippen molar-refractivity contribution < 1.29 is 9.13 Å². The first-order valence-corrected chi connectivity index (χ1v) is 26.8. The van der Waals surface area contributed by atoms with Crippen molar-refractivity contribution in [2.75, 3.05) is 14.7 Å². The zero-order valence-corrected chi connectivity index (χ0v) is 35.6. The molecule has 2 unspecified atom stereocenters. The molecular formula is C42H31N3O2P2S6. The zero-order chi connectivity index (χ0) is 38.3. The van der Waals surface area contributed by atoms with E-state index in [9.17, 15) is 9.13 Å². The summed E-state index contributed by atoms with van der Waals surface area (Å²) in [5, 5.41) is 1.21. The number of rotatable bonds is 11. The molecule has 2 atom stereocenters. The molecule has 0 heterocycles. The largest absolute Gasteiger partial charge is 0.310 e. The van der Waals surface area contributed by atoms with Crippen molar-refractivity contribution in [2.24, 2.45) is 0 Å². The Morgan fingerprint density at radius 3 is 0.745 bits per heavy atom. The van der Waals surface area contributed by atoms with Crippen LogP contribution in [-0.2, 0) is 68.3 Å². The van der Waals surface area contributed by atoms with E-state index in [4.69, 9.17) is 44.8 Å². The average Bonchev–Trinajstić information content (AvgIpc) is 3.23. The fraction of sp³-hybridized carbons (Fsp3) is 0. The first-order valence-electron chi connectivity index (χ1n) is 16.9. The highest BCUT2D eigenvalue weighted by atomic mass is 33.2. The Kier molecular flexibility index (Phi) is 12.6. The molecule has 0 aliphatic rings. The second kappa shape index (κ2) is 17.9. The van der Waals surface area contributed by atoms with Gasteiger partial charge in [-0.25, -0.2) is 0 Å². The fourth-order valence-corrected chi connectivity index (χ4v) is 12.2. The molecule has 0 fully saturated rings. The molecule has 0 aliphatic heterocycles. The normalized spacial score (nSPS) is 11.3. The van der Waals surface area contributed by atoms with Gasteiger partial charge >= 0.3 is 0 Å². The van der Waals surface area contributed by atoms with E-state index in [2.05, 4.69) is 81.4 Å². The number of para-hydroxylation sites is 4. The average molecular weight is 864 g/mol. The molecular weight excluding hydrogens is 833 g/mol. The Balaban J connectivity index is 1.54. The monoisotopic (exact) mass is 863 g/mol. The molecule has 0 aliphatic carbocycles. The Hall–Kier alpha value is -4.54. The van der Waals surface area contributed by atoms with Gasteiger partial charge in [0.15, 0.2) is 13.2 Å². The molecule has 0 bridgehead atoms. The van der Waals surface area contributed by atoms with E-state index in [1.165, 1.54) is 0 Å². The minimum Gasteiger partial charge on any atom is -0.310 e. The first-order chi connectivity index (χ1) is 26.8. The van der Waals surface area contributed by atoms with Gasteiger partial charge in [0.1, 0.15) is 0 Å². The molecule has 5 nitrogen and oxygen atoms in total. The van der Waals surface area contributed by atoms with Gasteiger partial charge in [0.2, 0.25) is 0 Å². The Morgan fingerprint density at radius 2 is 0.527 bits per heavy atom. The van der Waals surface area contributed by atoms with Gasteiger partial charge in [0, 0.05) is 44.7 Å². The van der Waals surface area contributed by atoms with Crippen LogP contribution in [0.25, 0.3) is 0 Å². The van der Waals surface area contributed by atoms with Crippen LogP contribution in [0.2, 0.25) is 0 Å². The number of anilines is 9. The number of hydrogen-bond acceptors (Lipinski definition) is 9.